The van der Waals surface area contributed by atoms with Gasteiger partial charge in [-0.25, -0.2) is 0 Å². The molecule has 2 heteroatoms. The van der Waals surface area contributed by atoms with Crippen LogP contribution in [0.15, 0.2) is 42.0 Å². The van der Waals surface area contributed by atoms with Gasteiger partial charge in [0, 0.05) is 0 Å². The molecule has 1 aliphatic rings. The number of hydrogen-bond donors (Lipinski definition) is 0. The van der Waals surface area contributed by atoms with Gasteiger partial charge in [-0.2, -0.15) is 0 Å². The van der Waals surface area contributed by atoms with Gasteiger partial charge in [0.1, 0.15) is 5.92 Å². The Morgan fingerprint density at radius 3 is 2.62 bits per heavy atom. The average molecular weight is 216 g/mol. The van der Waals surface area contributed by atoms with Crippen molar-refractivity contribution in [3.8, 4) is 0 Å². The van der Waals surface area contributed by atoms with Crippen molar-refractivity contribution >= 4 is 5.97 Å². The molecule has 1 atom stereocenters. The molecule has 16 heavy (non-hydrogen) atoms. The predicted molar refractivity (Wildman–Crippen MR) is 63.1 cm³/mol. The van der Waals surface area contributed by atoms with E-state index in [-0.39, 0.29) is 11.9 Å². The number of esters is 1. The summed E-state index contributed by atoms with van der Waals surface area (Å²) in [4.78, 5) is 11.8. The molecule has 1 aromatic carbocycles. The first-order valence-electron chi connectivity index (χ1n) is 5.64. The van der Waals surface area contributed by atoms with Crippen molar-refractivity contribution in [2.45, 2.75) is 25.2 Å². The first-order chi connectivity index (χ1) is 7.83. The van der Waals surface area contributed by atoms with E-state index in [1.54, 1.807) is 0 Å². The Bertz CT molecular complexity index is 392. The molecule has 0 saturated heterocycles. The van der Waals surface area contributed by atoms with Gasteiger partial charge >= 0.3 is 5.97 Å². The van der Waals surface area contributed by atoms with Crippen LogP contribution in [-0.2, 0) is 9.53 Å². The molecule has 2 nitrogen and oxygen atoms in total. The van der Waals surface area contributed by atoms with Crippen LogP contribution in [0, 0.1) is 0 Å². The molecule has 84 valence electrons. The fourth-order valence-corrected chi connectivity index (χ4v) is 2.22. The molecule has 1 aliphatic carbocycles. The van der Waals surface area contributed by atoms with Crippen LogP contribution >= 0.6 is 0 Å². The maximum absolute atomic E-state index is 11.8. The summed E-state index contributed by atoms with van der Waals surface area (Å²) in [5.41, 5.74) is 2.24. The van der Waals surface area contributed by atoms with E-state index in [0.29, 0.717) is 0 Å². The molecular formula is C14H16O2. The summed E-state index contributed by atoms with van der Waals surface area (Å²) in [6, 6.07) is 9.85. The van der Waals surface area contributed by atoms with Gasteiger partial charge < -0.3 is 4.74 Å². The lowest BCUT2D eigenvalue weighted by Gasteiger charge is -2.16. The standard InChI is InChI=1S/C14H16O2/c1-16-14(15)13(12-9-5-6-10-12)11-7-3-2-4-8-11/h2-4,7-9,13H,5-6,10H2,1H3. The number of methoxy groups -OCH3 is 1. The van der Waals surface area contributed by atoms with Gasteiger partial charge in [0.25, 0.3) is 0 Å². The number of hydrogen-bond acceptors (Lipinski definition) is 2. The Hall–Kier alpha value is -1.57. The van der Waals surface area contributed by atoms with Crippen LogP contribution in [0.25, 0.3) is 0 Å². The van der Waals surface area contributed by atoms with Crippen LogP contribution < -0.4 is 0 Å². The molecule has 0 radical (unpaired) electrons. The smallest absolute Gasteiger partial charge is 0.317 e. The largest absolute Gasteiger partial charge is 0.468 e. The molecule has 0 aliphatic heterocycles. The molecule has 1 unspecified atom stereocenters. The summed E-state index contributed by atoms with van der Waals surface area (Å²) in [5, 5.41) is 0. The topological polar surface area (TPSA) is 26.3 Å². The quantitative estimate of drug-likeness (QED) is 0.573. The number of carbonyl (C=O) groups is 1. The van der Waals surface area contributed by atoms with Crippen molar-refractivity contribution in [1.29, 1.82) is 0 Å². The summed E-state index contributed by atoms with van der Waals surface area (Å²) in [7, 11) is 1.45. The van der Waals surface area contributed by atoms with Crippen molar-refractivity contribution in [1.82, 2.24) is 0 Å². The van der Waals surface area contributed by atoms with E-state index in [4.69, 9.17) is 4.74 Å². The fourth-order valence-electron chi connectivity index (χ4n) is 2.22. The molecular weight excluding hydrogens is 200 g/mol. The molecule has 0 heterocycles. The van der Waals surface area contributed by atoms with E-state index in [0.717, 1.165) is 24.8 Å². The van der Waals surface area contributed by atoms with Crippen LogP contribution in [0.2, 0.25) is 0 Å². The van der Waals surface area contributed by atoms with Gasteiger partial charge in [-0.15, -0.1) is 0 Å². The summed E-state index contributed by atoms with van der Waals surface area (Å²) in [6.07, 6.45) is 5.41. The fraction of sp³-hybridized carbons (Fsp3) is 0.357. The Morgan fingerprint density at radius 1 is 1.31 bits per heavy atom. The zero-order valence-electron chi connectivity index (χ0n) is 9.48. The maximum Gasteiger partial charge on any atom is 0.317 e. The van der Waals surface area contributed by atoms with E-state index in [1.807, 2.05) is 30.3 Å². The van der Waals surface area contributed by atoms with E-state index in [1.165, 1.54) is 12.7 Å². The second-order valence-electron chi connectivity index (χ2n) is 4.04. The van der Waals surface area contributed by atoms with E-state index in [2.05, 4.69) is 6.08 Å². The Morgan fingerprint density at radius 2 is 2.06 bits per heavy atom. The zero-order valence-corrected chi connectivity index (χ0v) is 9.48. The molecule has 0 N–H and O–H groups in total. The lowest BCUT2D eigenvalue weighted by Crippen LogP contribution is -2.15. The van der Waals surface area contributed by atoms with E-state index < -0.39 is 0 Å². The molecule has 0 saturated carbocycles. The monoisotopic (exact) mass is 216 g/mol. The molecule has 0 bridgehead atoms. The van der Waals surface area contributed by atoms with Crippen LogP contribution in [-0.4, -0.2) is 13.1 Å². The third-order valence-electron chi connectivity index (χ3n) is 3.02. The van der Waals surface area contributed by atoms with Gasteiger partial charge in [0.05, 0.1) is 7.11 Å². The Kier molecular flexibility index (Phi) is 3.40. The first-order valence-corrected chi connectivity index (χ1v) is 5.64. The highest BCUT2D eigenvalue weighted by Crippen LogP contribution is 2.33. The highest BCUT2D eigenvalue weighted by atomic mass is 16.5. The molecule has 0 aromatic heterocycles. The van der Waals surface area contributed by atoms with Crippen molar-refractivity contribution in [2.24, 2.45) is 0 Å². The Balaban J connectivity index is 2.31. The second kappa shape index (κ2) is 4.97. The average Bonchev–Trinajstić information content (AvgIpc) is 2.84. The summed E-state index contributed by atoms with van der Waals surface area (Å²) in [5.74, 6) is -0.354. The highest BCUT2D eigenvalue weighted by Gasteiger charge is 2.26. The first kappa shape index (κ1) is 10.9. The highest BCUT2D eigenvalue weighted by molar-refractivity contribution is 5.82. The molecule has 2 rings (SSSR count). The number of ether oxygens (including phenoxy) is 1. The summed E-state index contributed by atoms with van der Waals surface area (Å²) >= 11 is 0. The zero-order chi connectivity index (χ0) is 11.4. The number of carbonyl (C=O) groups excluding carboxylic acids is 1. The lowest BCUT2D eigenvalue weighted by atomic mass is 9.91. The minimum atomic E-state index is -0.200. The lowest BCUT2D eigenvalue weighted by molar-refractivity contribution is -0.141. The van der Waals surface area contributed by atoms with Gasteiger partial charge in [-0.1, -0.05) is 42.0 Å². The van der Waals surface area contributed by atoms with Crippen molar-refractivity contribution in [3.63, 3.8) is 0 Å². The van der Waals surface area contributed by atoms with E-state index >= 15 is 0 Å². The third kappa shape index (κ3) is 2.16. The predicted octanol–water partition coefficient (Wildman–Crippen LogP) is 3.05. The third-order valence-corrected chi connectivity index (χ3v) is 3.02. The van der Waals surface area contributed by atoms with Crippen molar-refractivity contribution in [2.75, 3.05) is 7.11 Å². The van der Waals surface area contributed by atoms with Crippen molar-refractivity contribution < 1.29 is 9.53 Å². The normalized spacial score (nSPS) is 16.7. The second-order valence-corrected chi connectivity index (χ2v) is 4.04. The minimum absolute atomic E-state index is 0.153. The van der Waals surface area contributed by atoms with Gasteiger partial charge in [-0.05, 0) is 24.8 Å². The number of benzene rings is 1. The minimum Gasteiger partial charge on any atom is -0.468 e. The van der Waals surface area contributed by atoms with E-state index in [9.17, 15) is 4.79 Å². The molecule has 0 amide bonds. The van der Waals surface area contributed by atoms with Crippen LogP contribution in [0.3, 0.4) is 0 Å². The molecule has 1 aromatic rings. The van der Waals surface area contributed by atoms with Crippen LogP contribution in [0.4, 0.5) is 0 Å². The number of rotatable bonds is 3. The van der Waals surface area contributed by atoms with Crippen molar-refractivity contribution in [3.05, 3.63) is 47.5 Å². The molecule has 0 spiro atoms. The molecule has 0 fully saturated rings. The van der Waals surface area contributed by atoms with Gasteiger partial charge in [0.15, 0.2) is 0 Å². The summed E-state index contributed by atoms with van der Waals surface area (Å²) in [6.45, 7) is 0. The summed E-state index contributed by atoms with van der Waals surface area (Å²) < 4.78 is 4.90. The van der Waals surface area contributed by atoms with Gasteiger partial charge in [-0.3, -0.25) is 4.79 Å². The SMILES string of the molecule is COC(=O)C(C1=CCCC1)c1ccccc1. The van der Waals surface area contributed by atoms with Gasteiger partial charge in [0.2, 0.25) is 0 Å². The number of allylic oxidation sites excluding steroid dienone is 1. The van der Waals surface area contributed by atoms with Crippen LogP contribution in [0.5, 0.6) is 0 Å². The maximum atomic E-state index is 11.8. The van der Waals surface area contributed by atoms with Crippen LogP contribution in [0.1, 0.15) is 30.7 Å². The Labute approximate surface area is 95.9 Å².